The van der Waals surface area contributed by atoms with E-state index in [1.807, 2.05) is 0 Å². The van der Waals surface area contributed by atoms with Gasteiger partial charge >= 0.3 is 11.9 Å². The van der Waals surface area contributed by atoms with Gasteiger partial charge < -0.3 is 19.3 Å². The van der Waals surface area contributed by atoms with Crippen molar-refractivity contribution in [3.05, 3.63) is 11.6 Å². The summed E-state index contributed by atoms with van der Waals surface area (Å²) >= 11 is 0. The van der Waals surface area contributed by atoms with E-state index in [0.717, 1.165) is 44.9 Å². The Bertz CT molecular complexity index is 928. The highest BCUT2D eigenvalue weighted by Crippen LogP contribution is 2.72. The van der Waals surface area contributed by atoms with Crippen LogP contribution in [-0.4, -0.2) is 42.7 Å². The van der Waals surface area contributed by atoms with E-state index < -0.39 is 6.29 Å². The Morgan fingerprint density at radius 1 is 1.06 bits per heavy atom. The van der Waals surface area contributed by atoms with Crippen LogP contribution >= 0.6 is 0 Å². The summed E-state index contributed by atoms with van der Waals surface area (Å²) in [6.45, 7) is 13.5. The van der Waals surface area contributed by atoms with Gasteiger partial charge in [0.2, 0.25) is 0 Å². The van der Waals surface area contributed by atoms with Gasteiger partial charge in [-0.3, -0.25) is 9.59 Å². The Labute approximate surface area is 210 Å². The SMILES string of the molecule is CC(=O)OC[C@]1(C)CCC[C@@]2(C)[C@H]1CC[C@@]1(C)C[C@H]3C=C4CO[C@@H](O)[C@@H]4C[C@@]3(C)[C@@H](OC(C)=O)[C@@H]12. The molecule has 6 heteroatoms. The van der Waals surface area contributed by atoms with Gasteiger partial charge in [-0.15, -0.1) is 0 Å². The molecular weight excluding hydrogens is 444 g/mol. The molecule has 1 N–H and O–H groups in total. The third-order valence-corrected chi connectivity index (χ3v) is 11.3. The summed E-state index contributed by atoms with van der Waals surface area (Å²) < 4.78 is 17.6. The summed E-state index contributed by atoms with van der Waals surface area (Å²) in [5.74, 6) is 0.448. The van der Waals surface area contributed by atoms with Crippen molar-refractivity contribution < 1.29 is 28.9 Å². The predicted molar refractivity (Wildman–Crippen MR) is 131 cm³/mol. The van der Waals surface area contributed by atoms with Gasteiger partial charge in [-0.1, -0.05) is 40.2 Å². The molecule has 0 aromatic heterocycles. The van der Waals surface area contributed by atoms with Crippen LogP contribution in [0.5, 0.6) is 0 Å². The van der Waals surface area contributed by atoms with Crippen LogP contribution in [0.15, 0.2) is 11.6 Å². The third-order valence-electron chi connectivity index (χ3n) is 11.3. The number of allylic oxidation sites excluding steroid dienone is 1. The average molecular weight is 489 g/mol. The maximum atomic E-state index is 12.6. The number of aliphatic hydroxyl groups excluding tert-OH is 1. The third kappa shape index (κ3) is 3.80. The monoisotopic (exact) mass is 488 g/mol. The molecule has 5 rings (SSSR count). The Morgan fingerprint density at radius 2 is 1.80 bits per heavy atom. The molecule has 0 amide bonds. The second-order valence-electron chi connectivity index (χ2n) is 13.6. The minimum atomic E-state index is -0.776. The van der Waals surface area contributed by atoms with E-state index in [1.54, 1.807) is 0 Å². The first kappa shape index (κ1) is 25.3. The van der Waals surface area contributed by atoms with E-state index in [4.69, 9.17) is 14.2 Å². The van der Waals surface area contributed by atoms with Crippen LogP contribution in [-0.2, 0) is 23.8 Å². The summed E-state index contributed by atoms with van der Waals surface area (Å²) in [6.07, 6.45) is 8.65. The molecule has 5 aliphatic rings. The first-order valence-corrected chi connectivity index (χ1v) is 13.6. The highest BCUT2D eigenvalue weighted by molar-refractivity contribution is 5.66. The summed E-state index contributed by atoms with van der Waals surface area (Å²) in [5, 5.41) is 10.6. The minimum absolute atomic E-state index is 0.0218. The van der Waals surface area contributed by atoms with Gasteiger partial charge in [-0.2, -0.15) is 0 Å². The number of fused-ring (bicyclic) bond motifs is 5. The highest BCUT2D eigenvalue weighted by atomic mass is 16.6. The zero-order valence-electron chi connectivity index (χ0n) is 22.4. The van der Waals surface area contributed by atoms with E-state index in [2.05, 4.69) is 33.8 Å². The van der Waals surface area contributed by atoms with Crippen molar-refractivity contribution in [1.29, 1.82) is 0 Å². The first-order chi connectivity index (χ1) is 16.3. The number of hydrogen-bond acceptors (Lipinski definition) is 6. The smallest absolute Gasteiger partial charge is 0.302 e. The number of carbonyl (C=O) groups is 2. The van der Waals surface area contributed by atoms with E-state index in [9.17, 15) is 14.7 Å². The van der Waals surface area contributed by atoms with Gasteiger partial charge in [0.25, 0.3) is 0 Å². The van der Waals surface area contributed by atoms with Gasteiger partial charge in [0.15, 0.2) is 6.29 Å². The number of aliphatic hydroxyl groups is 1. The molecular formula is C29H44O6. The van der Waals surface area contributed by atoms with Crippen LogP contribution in [0.25, 0.3) is 0 Å². The maximum absolute atomic E-state index is 12.6. The number of carbonyl (C=O) groups excluding carboxylic acids is 2. The van der Waals surface area contributed by atoms with E-state index in [1.165, 1.54) is 19.4 Å². The van der Waals surface area contributed by atoms with Crippen molar-refractivity contribution in [2.24, 2.45) is 45.3 Å². The number of hydrogen-bond donors (Lipinski definition) is 1. The molecule has 10 atom stereocenters. The van der Waals surface area contributed by atoms with E-state index >= 15 is 0 Å². The summed E-state index contributed by atoms with van der Waals surface area (Å²) in [7, 11) is 0. The largest absolute Gasteiger partial charge is 0.465 e. The van der Waals surface area contributed by atoms with Gasteiger partial charge in [0, 0.05) is 36.5 Å². The summed E-state index contributed by atoms with van der Waals surface area (Å²) in [4.78, 5) is 24.3. The van der Waals surface area contributed by atoms with E-state index in [-0.39, 0.29) is 51.5 Å². The lowest BCUT2D eigenvalue weighted by Crippen LogP contribution is -2.67. The maximum Gasteiger partial charge on any atom is 0.302 e. The van der Waals surface area contributed by atoms with Crippen molar-refractivity contribution in [3.8, 4) is 0 Å². The van der Waals surface area contributed by atoms with Crippen LogP contribution in [0.3, 0.4) is 0 Å². The molecule has 0 bridgehead atoms. The predicted octanol–water partition coefficient (Wildman–Crippen LogP) is 5.03. The first-order valence-electron chi connectivity index (χ1n) is 13.6. The molecule has 0 aromatic carbocycles. The van der Waals surface area contributed by atoms with Crippen molar-refractivity contribution in [2.45, 2.75) is 98.9 Å². The summed E-state index contributed by atoms with van der Waals surface area (Å²) in [5.41, 5.74) is 0.913. The highest BCUT2D eigenvalue weighted by Gasteiger charge is 2.69. The molecule has 0 spiro atoms. The topological polar surface area (TPSA) is 82.1 Å². The normalized spacial score (nSPS) is 50.7. The zero-order chi connectivity index (χ0) is 25.4. The van der Waals surface area contributed by atoms with Crippen molar-refractivity contribution >= 4 is 11.9 Å². The molecule has 0 aromatic rings. The molecule has 3 saturated carbocycles. The fourth-order valence-corrected chi connectivity index (χ4v) is 9.82. The molecule has 6 nitrogen and oxygen atoms in total. The van der Waals surface area contributed by atoms with Crippen LogP contribution in [0.4, 0.5) is 0 Å². The number of esters is 2. The van der Waals surface area contributed by atoms with Crippen LogP contribution in [0.1, 0.15) is 86.5 Å². The molecule has 4 aliphatic carbocycles. The lowest BCUT2D eigenvalue weighted by atomic mass is 9.36. The molecule has 4 fully saturated rings. The second-order valence-corrected chi connectivity index (χ2v) is 13.6. The minimum Gasteiger partial charge on any atom is -0.465 e. The summed E-state index contributed by atoms with van der Waals surface area (Å²) in [6, 6.07) is 0. The van der Waals surface area contributed by atoms with Crippen LogP contribution in [0, 0.1) is 45.3 Å². The van der Waals surface area contributed by atoms with Crippen molar-refractivity contribution in [2.75, 3.05) is 13.2 Å². The van der Waals surface area contributed by atoms with Gasteiger partial charge in [-0.05, 0) is 66.8 Å². The van der Waals surface area contributed by atoms with Gasteiger partial charge in [-0.25, -0.2) is 0 Å². The molecule has 1 heterocycles. The molecule has 1 saturated heterocycles. The van der Waals surface area contributed by atoms with Crippen LogP contribution in [0.2, 0.25) is 0 Å². The zero-order valence-corrected chi connectivity index (χ0v) is 22.4. The Kier molecular flexibility index (Phi) is 5.99. The molecule has 1 aliphatic heterocycles. The van der Waals surface area contributed by atoms with Crippen LogP contribution < -0.4 is 0 Å². The lowest BCUT2D eigenvalue weighted by Gasteiger charge is -2.69. The average Bonchev–Trinajstić information content (AvgIpc) is 3.09. The van der Waals surface area contributed by atoms with Crippen molar-refractivity contribution in [1.82, 2.24) is 0 Å². The fourth-order valence-electron chi connectivity index (χ4n) is 9.82. The fraction of sp³-hybridized carbons (Fsp3) is 0.862. The molecule has 0 unspecified atom stereocenters. The quantitative estimate of drug-likeness (QED) is 0.443. The van der Waals surface area contributed by atoms with Gasteiger partial charge in [0.05, 0.1) is 13.2 Å². The number of rotatable bonds is 3. The van der Waals surface area contributed by atoms with E-state index in [0.29, 0.717) is 25.0 Å². The Balaban J connectivity index is 1.58. The molecule has 196 valence electrons. The van der Waals surface area contributed by atoms with Gasteiger partial charge in [0.1, 0.15) is 6.10 Å². The number of ether oxygens (including phenoxy) is 3. The second kappa shape index (κ2) is 8.31. The molecule has 0 radical (unpaired) electrons. The lowest BCUT2D eigenvalue weighted by molar-refractivity contribution is -0.248. The Hall–Kier alpha value is -1.40. The Morgan fingerprint density at radius 3 is 2.49 bits per heavy atom. The van der Waals surface area contributed by atoms with Crippen molar-refractivity contribution in [3.63, 3.8) is 0 Å². The standard InChI is InChI=1S/C29H44O6/c1-17(30)34-16-27(4)9-7-10-28(5)22(27)8-11-26(3)13-20-12-19-15-33-25(32)21(19)14-29(20,6)24(23(26)28)35-18(2)31/h12,20-25,32H,7-11,13-16H2,1-6H3/t20-,21-,22+,23+,24+,25-,26+,27+,28+,29-/m1/s1. The molecule has 35 heavy (non-hydrogen) atoms.